The summed E-state index contributed by atoms with van der Waals surface area (Å²) in [4.78, 5) is 4.56. The Kier molecular flexibility index (Phi) is 4.33. The molecule has 0 saturated carbocycles. The molecule has 0 aliphatic carbocycles. The van der Waals surface area contributed by atoms with Gasteiger partial charge in [-0.05, 0) is 61.1 Å². The fourth-order valence-electron chi connectivity index (χ4n) is 2.82. The van der Waals surface area contributed by atoms with Crippen molar-refractivity contribution in [1.82, 2.24) is 9.55 Å². The maximum absolute atomic E-state index is 4.56. The van der Waals surface area contributed by atoms with Gasteiger partial charge < -0.3 is 4.57 Å². The summed E-state index contributed by atoms with van der Waals surface area (Å²) in [6.07, 6.45) is 4.98. The van der Waals surface area contributed by atoms with Gasteiger partial charge in [-0.15, -0.1) is 0 Å². The third kappa shape index (κ3) is 3.70. The summed E-state index contributed by atoms with van der Waals surface area (Å²) in [6.45, 7) is 9.51. The lowest BCUT2D eigenvalue weighted by Crippen LogP contribution is -1.97. The molecule has 0 bridgehead atoms. The zero-order valence-electron chi connectivity index (χ0n) is 14.4. The molecule has 118 valence electrons. The number of aromatic nitrogens is 2. The van der Waals surface area contributed by atoms with E-state index in [4.69, 9.17) is 0 Å². The summed E-state index contributed by atoms with van der Waals surface area (Å²) in [7, 11) is 0. The van der Waals surface area contributed by atoms with Crippen LogP contribution in [0.25, 0.3) is 0 Å². The molecule has 0 radical (unpaired) electrons. The van der Waals surface area contributed by atoms with E-state index in [1.807, 2.05) is 6.33 Å². The molecular weight excluding hydrogens is 280 g/mol. The van der Waals surface area contributed by atoms with Crippen LogP contribution in [0.15, 0.2) is 48.9 Å². The van der Waals surface area contributed by atoms with Gasteiger partial charge in [-0.3, -0.25) is 0 Å². The van der Waals surface area contributed by atoms with Crippen molar-refractivity contribution >= 4 is 0 Å². The minimum atomic E-state index is 0.876. The van der Waals surface area contributed by atoms with E-state index in [9.17, 15) is 0 Å². The molecule has 0 spiro atoms. The molecule has 0 unspecified atom stereocenters. The first-order valence-electron chi connectivity index (χ1n) is 8.14. The third-order valence-corrected chi connectivity index (χ3v) is 4.58. The van der Waals surface area contributed by atoms with Gasteiger partial charge >= 0.3 is 0 Å². The van der Waals surface area contributed by atoms with E-state index >= 15 is 0 Å². The molecule has 0 saturated heterocycles. The Bertz CT molecular complexity index is 760. The first-order chi connectivity index (χ1) is 11.0. The monoisotopic (exact) mass is 304 g/mol. The van der Waals surface area contributed by atoms with Crippen molar-refractivity contribution in [3.05, 3.63) is 88.0 Å². The van der Waals surface area contributed by atoms with Crippen LogP contribution in [0, 0.1) is 27.7 Å². The van der Waals surface area contributed by atoms with Crippen LogP contribution in [0.3, 0.4) is 0 Å². The molecule has 0 atom stereocenters. The molecule has 0 amide bonds. The molecular formula is C21H24N2. The topological polar surface area (TPSA) is 17.8 Å². The molecule has 1 heterocycles. The first kappa shape index (κ1) is 15.5. The zero-order chi connectivity index (χ0) is 16.4. The van der Waals surface area contributed by atoms with Gasteiger partial charge in [-0.25, -0.2) is 4.98 Å². The summed E-state index contributed by atoms with van der Waals surface area (Å²) >= 11 is 0. The molecule has 0 aliphatic heterocycles. The summed E-state index contributed by atoms with van der Waals surface area (Å²) in [5.74, 6) is 0. The van der Waals surface area contributed by atoms with Crippen LogP contribution < -0.4 is 0 Å². The van der Waals surface area contributed by atoms with E-state index in [1.54, 1.807) is 0 Å². The van der Waals surface area contributed by atoms with E-state index in [-0.39, 0.29) is 0 Å². The Morgan fingerprint density at radius 1 is 0.783 bits per heavy atom. The van der Waals surface area contributed by atoms with Gasteiger partial charge in [0.25, 0.3) is 0 Å². The van der Waals surface area contributed by atoms with Gasteiger partial charge in [0.15, 0.2) is 0 Å². The lowest BCUT2D eigenvalue weighted by Gasteiger charge is -2.06. The van der Waals surface area contributed by atoms with Crippen LogP contribution in [0.5, 0.6) is 0 Å². The number of hydrogen-bond acceptors (Lipinski definition) is 1. The predicted octanol–water partition coefficient (Wildman–Crippen LogP) is 4.76. The second kappa shape index (κ2) is 6.41. The molecule has 0 fully saturated rings. The van der Waals surface area contributed by atoms with E-state index < -0.39 is 0 Å². The van der Waals surface area contributed by atoms with Crippen molar-refractivity contribution in [2.75, 3.05) is 0 Å². The van der Waals surface area contributed by atoms with Crippen LogP contribution in [0.1, 0.15) is 39.1 Å². The van der Waals surface area contributed by atoms with Crippen LogP contribution in [0.4, 0.5) is 0 Å². The molecule has 0 aliphatic rings. The largest absolute Gasteiger partial charge is 0.333 e. The molecule has 0 N–H and O–H groups in total. The number of nitrogens with zero attached hydrogens (tertiary/aromatic N) is 2. The Labute approximate surface area is 138 Å². The quantitative estimate of drug-likeness (QED) is 0.680. The highest BCUT2D eigenvalue weighted by Crippen LogP contribution is 2.15. The fourth-order valence-corrected chi connectivity index (χ4v) is 2.82. The number of rotatable bonds is 4. The van der Waals surface area contributed by atoms with Crippen LogP contribution in [-0.4, -0.2) is 9.55 Å². The van der Waals surface area contributed by atoms with Gasteiger partial charge in [0.05, 0.1) is 12.0 Å². The Morgan fingerprint density at radius 2 is 1.39 bits per heavy atom. The van der Waals surface area contributed by atoms with E-state index in [0.717, 1.165) is 18.7 Å². The normalized spacial score (nSPS) is 11.0. The van der Waals surface area contributed by atoms with Gasteiger partial charge in [0, 0.05) is 19.2 Å². The number of hydrogen-bond donors (Lipinski definition) is 0. The van der Waals surface area contributed by atoms with Gasteiger partial charge in [-0.2, -0.15) is 0 Å². The standard InChI is InChI=1S/C21H24N2/c1-15-5-7-19(9-17(15)3)11-21-13-23(14-22-21)12-20-8-6-16(2)18(4)10-20/h5-10,13-14H,11-12H2,1-4H3. The lowest BCUT2D eigenvalue weighted by atomic mass is 10.0. The van der Waals surface area contributed by atoms with Crippen LogP contribution >= 0.6 is 0 Å². The van der Waals surface area contributed by atoms with Crippen molar-refractivity contribution in [3.63, 3.8) is 0 Å². The smallest absolute Gasteiger partial charge is 0.0952 e. The fraction of sp³-hybridized carbons (Fsp3) is 0.286. The SMILES string of the molecule is Cc1ccc(Cc2cn(Cc3ccc(C)c(C)c3)cn2)cc1C. The minimum absolute atomic E-state index is 0.876. The molecule has 3 aromatic rings. The van der Waals surface area contributed by atoms with Crippen molar-refractivity contribution in [1.29, 1.82) is 0 Å². The molecule has 23 heavy (non-hydrogen) atoms. The summed E-state index contributed by atoms with van der Waals surface area (Å²) < 4.78 is 2.17. The number of imidazole rings is 1. The van der Waals surface area contributed by atoms with Gasteiger partial charge in [0.2, 0.25) is 0 Å². The van der Waals surface area contributed by atoms with Crippen LogP contribution in [0.2, 0.25) is 0 Å². The van der Waals surface area contributed by atoms with Gasteiger partial charge in [-0.1, -0.05) is 36.4 Å². The summed E-state index contributed by atoms with van der Waals surface area (Å²) in [5, 5.41) is 0. The number of benzene rings is 2. The highest BCUT2D eigenvalue weighted by atomic mass is 15.0. The van der Waals surface area contributed by atoms with E-state index in [0.29, 0.717) is 0 Å². The van der Waals surface area contributed by atoms with E-state index in [1.165, 1.54) is 33.4 Å². The first-order valence-corrected chi connectivity index (χ1v) is 8.14. The zero-order valence-corrected chi connectivity index (χ0v) is 14.4. The highest BCUT2D eigenvalue weighted by Gasteiger charge is 2.04. The summed E-state index contributed by atoms with van der Waals surface area (Å²) in [6, 6.07) is 13.3. The molecule has 2 nitrogen and oxygen atoms in total. The van der Waals surface area contributed by atoms with E-state index in [2.05, 4.69) is 79.8 Å². The van der Waals surface area contributed by atoms with Crippen molar-refractivity contribution in [2.45, 2.75) is 40.7 Å². The maximum atomic E-state index is 4.56. The molecule has 2 heteroatoms. The predicted molar refractivity (Wildman–Crippen MR) is 96.0 cm³/mol. The number of aryl methyl sites for hydroxylation is 4. The van der Waals surface area contributed by atoms with Crippen molar-refractivity contribution in [2.24, 2.45) is 0 Å². The summed E-state index contributed by atoms with van der Waals surface area (Å²) in [5.41, 5.74) is 9.14. The lowest BCUT2D eigenvalue weighted by molar-refractivity contribution is 0.795. The molecule has 1 aromatic heterocycles. The minimum Gasteiger partial charge on any atom is -0.333 e. The third-order valence-electron chi connectivity index (χ3n) is 4.58. The highest BCUT2D eigenvalue weighted by molar-refractivity contribution is 5.32. The Hall–Kier alpha value is -2.35. The average Bonchev–Trinajstić information content (AvgIpc) is 2.94. The second-order valence-corrected chi connectivity index (χ2v) is 6.55. The Morgan fingerprint density at radius 3 is 2.04 bits per heavy atom. The Balaban J connectivity index is 1.72. The average molecular weight is 304 g/mol. The molecule has 3 rings (SSSR count). The van der Waals surface area contributed by atoms with Crippen molar-refractivity contribution in [3.8, 4) is 0 Å². The van der Waals surface area contributed by atoms with Crippen molar-refractivity contribution < 1.29 is 0 Å². The molecule has 2 aromatic carbocycles. The van der Waals surface area contributed by atoms with Crippen LogP contribution in [-0.2, 0) is 13.0 Å². The van der Waals surface area contributed by atoms with Gasteiger partial charge in [0.1, 0.15) is 0 Å². The second-order valence-electron chi connectivity index (χ2n) is 6.55. The maximum Gasteiger partial charge on any atom is 0.0952 e.